The van der Waals surface area contributed by atoms with Gasteiger partial charge in [0.2, 0.25) is 11.8 Å². The molecule has 0 saturated carbocycles. The lowest BCUT2D eigenvalue weighted by atomic mass is 10.1. The molecule has 1 fully saturated rings. The second-order valence-electron chi connectivity index (χ2n) is 3.76. The SMILES string of the molecule is N#CCc1ccc(N2C(=O)CC(=O)NC2=O)cc1. The van der Waals surface area contributed by atoms with Gasteiger partial charge in [0.05, 0.1) is 18.2 Å². The number of hydrogen-bond acceptors (Lipinski definition) is 4. The summed E-state index contributed by atoms with van der Waals surface area (Å²) in [5.41, 5.74) is 1.17. The maximum atomic E-state index is 11.6. The minimum atomic E-state index is -0.746. The largest absolute Gasteiger partial charge is 0.335 e. The molecule has 1 N–H and O–H groups in total. The van der Waals surface area contributed by atoms with Gasteiger partial charge in [-0.2, -0.15) is 5.26 Å². The average Bonchev–Trinajstić information content (AvgIpc) is 2.30. The van der Waals surface area contributed by atoms with Gasteiger partial charge in [-0.15, -0.1) is 0 Å². The van der Waals surface area contributed by atoms with Crippen LogP contribution in [0.15, 0.2) is 24.3 Å². The molecule has 1 aromatic carbocycles. The number of anilines is 1. The molecular weight excluding hydrogens is 234 g/mol. The van der Waals surface area contributed by atoms with Crippen molar-refractivity contribution in [1.82, 2.24) is 5.32 Å². The molecule has 0 aromatic heterocycles. The maximum Gasteiger partial charge on any atom is 0.335 e. The topological polar surface area (TPSA) is 90.3 Å². The molecule has 4 amide bonds. The molecule has 0 unspecified atom stereocenters. The molecular formula is C12H9N3O3. The van der Waals surface area contributed by atoms with Gasteiger partial charge in [0.15, 0.2) is 0 Å². The van der Waals surface area contributed by atoms with Gasteiger partial charge >= 0.3 is 6.03 Å². The van der Waals surface area contributed by atoms with Crippen molar-refractivity contribution >= 4 is 23.5 Å². The monoisotopic (exact) mass is 243 g/mol. The van der Waals surface area contributed by atoms with Crippen LogP contribution in [0, 0.1) is 11.3 Å². The Kier molecular flexibility index (Phi) is 3.06. The molecule has 90 valence electrons. The first-order valence-corrected chi connectivity index (χ1v) is 5.24. The number of rotatable bonds is 2. The summed E-state index contributed by atoms with van der Waals surface area (Å²) in [5.74, 6) is -1.15. The number of hydrogen-bond donors (Lipinski definition) is 1. The van der Waals surface area contributed by atoms with E-state index in [1.807, 2.05) is 6.07 Å². The van der Waals surface area contributed by atoms with Gasteiger partial charge in [0, 0.05) is 0 Å². The quantitative estimate of drug-likeness (QED) is 0.775. The molecule has 2 rings (SSSR count). The first-order valence-electron chi connectivity index (χ1n) is 5.24. The lowest BCUT2D eigenvalue weighted by Gasteiger charge is -2.24. The van der Waals surface area contributed by atoms with Crippen molar-refractivity contribution in [3.8, 4) is 6.07 Å². The number of amides is 4. The van der Waals surface area contributed by atoms with Crippen LogP contribution in [0.4, 0.5) is 10.5 Å². The highest BCUT2D eigenvalue weighted by molar-refractivity contribution is 6.26. The molecule has 0 radical (unpaired) electrons. The molecule has 1 aromatic rings. The van der Waals surface area contributed by atoms with Gasteiger partial charge in [0.1, 0.15) is 6.42 Å². The summed E-state index contributed by atoms with van der Waals surface area (Å²) in [6.45, 7) is 0. The van der Waals surface area contributed by atoms with E-state index in [0.717, 1.165) is 10.5 Å². The Morgan fingerprint density at radius 2 is 1.89 bits per heavy atom. The fourth-order valence-corrected chi connectivity index (χ4v) is 1.66. The summed E-state index contributed by atoms with van der Waals surface area (Å²) in [4.78, 5) is 35.1. The fourth-order valence-electron chi connectivity index (χ4n) is 1.66. The number of barbiturate groups is 1. The lowest BCUT2D eigenvalue weighted by Crippen LogP contribution is -2.52. The fraction of sp³-hybridized carbons (Fsp3) is 0.167. The molecule has 1 heterocycles. The summed E-state index contributed by atoms with van der Waals surface area (Å²) < 4.78 is 0. The molecule has 6 nitrogen and oxygen atoms in total. The predicted molar refractivity (Wildman–Crippen MR) is 61.4 cm³/mol. The van der Waals surface area contributed by atoms with Gasteiger partial charge in [-0.05, 0) is 17.7 Å². The first kappa shape index (κ1) is 11.8. The Balaban J connectivity index is 2.25. The second-order valence-corrected chi connectivity index (χ2v) is 3.76. The lowest BCUT2D eigenvalue weighted by molar-refractivity contribution is -0.128. The highest BCUT2D eigenvalue weighted by Crippen LogP contribution is 2.18. The van der Waals surface area contributed by atoms with Crippen LogP contribution in [0.3, 0.4) is 0 Å². The van der Waals surface area contributed by atoms with E-state index in [0.29, 0.717) is 5.69 Å². The normalized spacial score (nSPS) is 15.3. The molecule has 1 saturated heterocycles. The van der Waals surface area contributed by atoms with Crippen LogP contribution in [-0.4, -0.2) is 17.8 Å². The minimum absolute atomic E-state index is 0.263. The number of urea groups is 1. The standard InChI is InChI=1S/C12H9N3O3/c13-6-5-8-1-3-9(4-2-8)15-11(17)7-10(16)14-12(15)18/h1-4H,5,7H2,(H,14,16,18). The van der Waals surface area contributed by atoms with Crippen molar-refractivity contribution in [2.45, 2.75) is 12.8 Å². The van der Waals surface area contributed by atoms with Crippen molar-refractivity contribution in [1.29, 1.82) is 5.26 Å². The number of carbonyl (C=O) groups excluding carboxylic acids is 3. The van der Waals surface area contributed by atoms with Gasteiger partial charge < -0.3 is 0 Å². The van der Waals surface area contributed by atoms with E-state index in [-0.39, 0.29) is 12.8 Å². The predicted octanol–water partition coefficient (Wildman–Crippen LogP) is 0.726. The smallest absolute Gasteiger partial charge is 0.277 e. The zero-order chi connectivity index (χ0) is 13.1. The third-order valence-electron chi connectivity index (χ3n) is 2.49. The molecule has 1 aliphatic heterocycles. The van der Waals surface area contributed by atoms with Crippen LogP contribution in [0.5, 0.6) is 0 Å². The highest BCUT2D eigenvalue weighted by atomic mass is 16.2. The van der Waals surface area contributed by atoms with Crippen LogP contribution in [0.2, 0.25) is 0 Å². The van der Waals surface area contributed by atoms with Crippen molar-refractivity contribution in [2.75, 3.05) is 4.90 Å². The summed E-state index contributed by atoms with van der Waals surface area (Å²) in [7, 11) is 0. The number of carbonyl (C=O) groups is 3. The van der Waals surface area contributed by atoms with E-state index in [2.05, 4.69) is 5.32 Å². The number of nitrogens with one attached hydrogen (secondary N) is 1. The molecule has 0 spiro atoms. The Bertz CT molecular complexity index is 537. The first-order chi connectivity index (χ1) is 8.61. The second kappa shape index (κ2) is 4.67. The molecule has 1 aliphatic rings. The zero-order valence-electron chi connectivity index (χ0n) is 9.34. The summed E-state index contributed by atoms with van der Waals surface area (Å²) in [5, 5.41) is 10.6. The highest BCUT2D eigenvalue weighted by Gasteiger charge is 2.31. The Hall–Kier alpha value is -2.68. The summed E-state index contributed by atoms with van der Waals surface area (Å²) in [6, 6.07) is 7.72. The number of nitriles is 1. The molecule has 0 aliphatic carbocycles. The third kappa shape index (κ3) is 2.20. The van der Waals surface area contributed by atoms with Crippen LogP contribution < -0.4 is 10.2 Å². The third-order valence-corrected chi connectivity index (χ3v) is 2.49. The molecule has 0 bridgehead atoms. The van der Waals surface area contributed by atoms with Crippen LogP contribution in [0.1, 0.15) is 12.0 Å². The Labute approximate surface area is 103 Å². The van der Waals surface area contributed by atoms with E-state index >= 15 is 0 Å². The zero-order valence-corrected chi connectivity index (χ0v) is 9.34. The molecule has 0 atom stereocenters. The average molecular weight is 243 g/mol. The van der Waals surface area contributed by atoms with Gasteiger partial charge in [0.25, 0.3) is 0 Å². The van der Waals surface area contributed by atoms with Gasteiger partial charge in [-0.3, -0.25) is 14.9 Å². The summed E-state index contributed by atoms with van der Waals surface area (Å²) >= 11 is 0. The minimum Gasteiger partial charge on any atom is -0.277 e. The van der Waals surface area contributed by atoms with E-state index in [1.165, 1.54) is 0 Å². The Morgan fingerprint density at radius 1 is 1.22 bits per heavy atom. The van der Waals surface area contributed by atoms with E-state index in [4.69, 9.17) is 5.26 Å². The van der Waals surface area contributed by atoms with Crippen molar-refractivity contribution in [2.24, 2.45) is 0 Å². The molecule has 6 heteroatoms. The van der Waals surface area contributed by atoms with Gasteiger partial charge in [-0.25, -0.2) is 9.69 Å². The van der Waals surface area contributed by atoms with Crippen molar-refractivity contribution in [3.63, 3.8) is 0 Å². The van der Waals surface area contributed by atoms with Crippen molar-refractivity contribution in [3.05, 3.63) is 29.8 Å². The van der Waals surface area contributed by atoms with E-state index in [9.17, 15) is 14.4 Å². The van der Waals surface area contributed by atoms with Crippen LogP contribution in [0.25, 0.3) is 0 Å². The number of imide groups is 2. The van der Waals surface area contributed by atoms with Gasteiger partial charge in [-0.1, -0.05) is 12.1 Å². The van der Waals surface area contributed by atoms with E-state index in [1.54, 1.807) is 24.3 Å². The van der Waals surface area contributed by atoms with Crippen molar-refractivity contribution < 1.29 is 14.4 Å². The Morgan fingerprint density at radius 3 is 2.44 bits per heavy atom. The molecule has 18 heavy (non-hydrogen) atoms. The van der Waals surface area contributed by atoms with Crippen LogP contribution in [-0.2, 0) is 16.0 Å². The summed E-state index contributed by atoms with van der Waals surface area (Å²) in [6.07, 6.45) is -0.0788. The maximum absolute atomic E-state index is 11.6. The number of benzene rings is 1. The van der Waals surface area contributed by atoms with E-state index < -0.39 is 17.8 Å². The van der Waals surface area contributed by atoms with Crippen LogP contribution >= 0.6 is 0 Å². The number of nitrogens with zero attached hydrogens (tertiary/aromatic N) is 2.